The van der Waals surface area contributed by atoms with E-state index in [1.165, 1.54) is 38.3 Å². The second kappa shape index (κ2) is 6.03. The number of carbonyl (C=O) groups excluding carboxylic acids is 1. The molecule has 6 nitrogen and oxygen atoms in total. The van der Waals surface area contributed by atoms with Crippen molar-refractivity contribution in [2.75, 3.05) is 7.11 Å². The first-order valence-corrected chi connectivity index (χ1v) is 7.40. The summed E-state index contributed by atoms with van der Waals surface area (Å²) < 4.78 is 31.4. The number of hydrogen-bond acceptors (Lipinski definition) is 5. The summed E-state index contributed by atoms with van der Waals surface area (Å²) in [5.41, 5.74) is -0.975. The topological polar surface area (TPSA) is 96.3 Å². The van der Waals surface area contributed by atoms with Crippen molar-refractivity contribution < 1.29 is 17.9 Å². The first kappa shape index (κ1) is 16.1. The van der Waals surface area contributed by atoms with E-state index in [-0.39, 0.29) is 11.3 Å². The number of methoxy groups -OCH3 is 1. The SMILES string of the molecule is CC[C@](C)(NS(=O)(=O)c1ccc(C#N)cc1)C(=O)OC. The van der Waals surface area contributed by atoms with Gasteiger partial charge in [-0.25, -0.2) is 8.42 Å². The summed E-state index contributed by atoms with van der Waals surface area (Å²) in [4.78, 5) is 11.7. The molecule has 1 aromatic rings. The van der Waals surface area contributed by atoms with E-state index in [1.54, 1.807) is 6.92 Å². The Bertz CT molecular complexity index is 631. The molecular formula is C13H16N2O4S. The van der Waals surface area contributed by atoms with Gasteiger partial charge in [-0.3, -0.25) is 4.79 Å². The number of rotatable bonds is 5. The van der Waals surface area contributed by atoms with Gasteiger partial charge >= 0.3 is 5.97 Å². The summed E-state index contributed by atoms with van der Waals surface area (Å²) in [5, 5.41) is 8.68. The second-order valence-corrected chi connectivity index (χ2v) is 6.10. The highest BCUT2D eigenvalue weighted by atomic mass is 32.2. The number of esters is 1. The summed E-state index contributed by atoms with van der Waals surface area (Å²) in [6.45, 7) is 3.14. The highest BCUT2D eigenvalue weighted by molar-refractivity contribution is 7.89. The third-order valence-electron chi connectivity index (χ3n) is 3.00. The lowest BCUT2D eigenvalue weighted by atomic mass is 10.0. The van der Waals surface area contributed by atoms with E-state index in [1.807, 2.05) is 6.07 Å². The molecule has 0 saturated heterocycles. The maximum absolute atomic E-state index is 12.2. The van der Waals surface area contributed by atoms with Crippen LogP contribution in [-0.2, 0) is 19.6 Å². The molecule has 20 heavy (non-hydrogen) atoms. The average Bonchev–Trinajstić information content (AvgIpc) is 2.45. The zero-order valence-electron chi connectivity index (χ0n) is 11.5. The van der Waals surface area contributed by atoms with E-state index < -0.39 is 21.5 Å². The van der Waals surface area contributed by atoms with Crippen LogP contribution in [0, 0.1) is 11.3 Å². The van der Waals surface area contributed by atoms with Gasteiger partial charge in [0.1, 0.15) is 5.54 Å². The molecule has 0 fully saturated rings. The molecule has 1 rings (SSSR count). The van der Waals surface area contributed by atoms with Crippen LogP contribution < -0.4 is 4.72 Å². The Labute approximate surface area is 118 Å². The molecule has 0 aromatic heterocycles. The van der Waals surface area contributed by atoms with E-state index in [0.717, 1.165) is 0 Å². The van der Waals surface area contributed by atoms with Crippen LogP contribution in [0.2, 0.25) is 0 Å². The minimum atomic E-state index is -3.87. The van der Waals surface area contributed by atoms with Crippen molar-refractivity contribution in [1.82, 2.24) is 4.72 Å². The maximum Gasteiger partial charge on any atom is 0.326 e. The molecule has 0 radical (unpaired) electrons. The fraction of sp³-hybridized carbons (Fsp3) is 0.385. The summed E-state index contributed by atoms with van der Waals surface area (Å²) in [5.74, 6) is -0.655. The first-order chi connectivity index (χ1) is 9.29. The predicted molar refractivity (Wildman–Crippen MR) is 72.2 cm³/mol. The summed E-state index contributed by atoms with van der Waals surface area (Å²) in [7, 11) is -2.67. The third kappa shape index (κ3) is 3.35. The van der Waals surface area contributed by atoms with Gasteiger partial charge in [0.2, 0.25) is 10.0 Å². The fourth-order valence-corrected chi connectivity index (χ4v) is 2.98. The molecule has 0 spiro atoms. The molecule has 7 heteroatoms. The minimum Gasteiger partial charge on any atom is -0.468 e. The molecule has 0 amide bonds. The summed E-state index contributed by atoms with van der Waals surface area (Å²) >= 11 is 0. The zero-order valence-corrected chi connectivity index (χ0v) is 12.3. The van der Waals surface area contributed by atoms with Crippen LogP contribution in [-0.4, -0.2) is 27.0 Å². The van der Waals surface area contributed by atoms with Gasteiger partial charge in [-0.1, -0.05) is 6.92 Å². The molecule has 1 N–H and O–H groups in total. The number of sulfonamides is 1. The summed E-state index contributed by atoms with van der Waals surface area (Å²) in [6, 6.07) is 7.33. The van der Waals surface area contributed by atoms with Crippen LogP contribution in [0.15, 0.2) is 29.2 Å². The molecule has 1 atom stereocenters. The van der Waals surface area contributed by atoms with Gasteiger partial charge in [0.25, 0.3) is 0 Å². The van der Waals surface area contributed by atoms with E-state index >= 15 is 0 Å². The highest BCUT2D eigenvalue weighted by Gasteiger charge is 2.37. The lowest BCUT2D eigenvalue weighted by molar-refractivity contribution is -0.147. The van der Waals surface area contributed by atoms with Gasteiger partial charge in [-0.05, 0) is 37.6 Å². The van der Waals surface area contributed by atoms with Crippen molar-refractivity contribution in [2.45, 2.75) is 30.7 Å². The van der Waals surface area contributed by atoms with Crippen molar-refractivity contribution in [3.8, 4) is 6.07 Å². The number of nitriles is 1. The van der Waals surface area contributed by atoms with Crippen molar-refractivity contribution in [2.24, 2.45) is 0 Å². The molecule has 1 aromatic carbocycles. The van der Waals surface area contributed by atoms with Crippen LogP contribution in [0.4, 0.5) is 0 Å². The normalized spacial score (nSPS) is 14.1. The standard InChI is InChI=1S/C13H16N2O4S/c1-4-13(2,12(16)19-3)15-20(17,18)11-7-5-10(9-14)6-8-11/h5-8,15H,4H2,1-3H3/t13-/m0/s1. The van der Waals surface area contributed by atoms with Gasteiger partial charge in [0.15, 0.2) is 0 Å². The van der Waals surface area contributed by atoms with Crippen LogP contribution in [0.3, 0.4) is 0 Å². The largest absolute Gasteiger partial charge is 0.468 e. The van der Waals surface area contributed by atoms with Crippen molar-refractivity contribution in [3.63, 3.8) is 0 Å². The smallest absolute Gasteiger partial charge is 0.326 e. The van der Waals surface area contributed by atoms with Gasteiger partial charge in [0.05, 0.1) is 23.6 Å². The number of nitrogens with one attached hydrogen (secondary N) is 1. The Morgan fingerprint density at radius 2 is 1.95 bits per heavy atom. The molecule has 108 valence electrons. The van der Waals surface area contributed by atoms with Crippen LogP contribution in [0.25, 0.3) is 0 Å². The van der Waals surface area contributed by atoms with E-state index in [9.17, 15) is 13.2 Å². The Morgan fingerprint density at radius 1 is 1.40 bits per heavy atom. The highest BCUT2D eigenvalue weighted by Crippen LogP contribution is 2.17. The number of benzene rings is 1. The van der Waals surface area contributed by atoms with Crippen LogP contribution >= 0.6 is 0 Å². The van der Waals surface area contributed by atoms with Crippen molar-refractivity contribution >= 4 is 16.0 Å². The van der Waals surface area contributed by atoms with E-state index in [2.05, 4.69) is 9.46 Å². The molecule has 0 heterocycles. The second-order valence-electron chi connectivity index (χ2n) is 4.42. The zero-order chi connectivity index (χ0) is 15.4. The molecule has 0 bridgehead atoms. The Balaban J connectivity index is 3.10. The van der Waals surface area contributed by atoms with Gasteiger partial charge in [-0.15, -0.1) is 0 Å². The molecule has 0 aliphatic rings. The van der Waals surface area contributed by atoms with E-state index in [0.29, 0.717) is 5.56 Å². The number of hydrogen-bond donors (Lipinski definition) is 1. The third-order valence-corrected chi connectivity index (χ3v) is 4.61. The van der Waals surface area contributed by atoms with Gasteiger partial charge in [0, 0.05) is 0 Å². The molecule has 0 aliphatic heterocycles. The lowest BCUT2D eigenvalue weighted by Crippen LogP contribution is -2.52. The fourth-order valence-electron chi connectivity index (χ4n) is 1.55. The average molecular weight is 296 g/mol. The quantitative estimate of drug-likeness (QED) is 0.823. The molecule has 0 saturated carbocycles. The minimum absolute atomic E-state index is 0.0138. The van der Waals surface area contributed by atoms with Crippen molar-refractivity contribution in [1.29, 1.82) is 5.26 Å². The van der Waals surface area contributed by atoms with E-state index in [4.69, 9.17) is 5.26 Å². The Hall–Kier alpha value is -1.91. The predicted octanol–water partition coefficient (Wildman–Crippen LogP) is 1.18. The summed E-state index contributed by atoms with van der Waals surface area (Å²) in [6.07, 6.45) is 0.245. The van der Waals surface area contributed by atoms with Crippen molar-refractivity contribution in [3.05, 3.63) is 29.8 Å². The number of ether oxygens (including phenoxy) is 1. The van der Waals surface area contributed by atoms with Crippen LogP contribution in [0.1, 0.15) is 25.8 Å². The van der Waals surface area contributed by atoms with Gasteiger partial charge < -0.3 is 4.74 Å². The monoisotopic (exact) mass is 296 g/mol. The lowest BCUT2D eigenvalue weighted by Gasteiger charge is -2.26. The first-order valence-electron chi connectivity index (χ1n) is 5.91. The number of nitrogens with zero attached hydrogens (tertiary/aromatic N) is 1. The Morgan fingerprint density at radius 3 is 2.35 bits per heavy atom. The Kier molecular flexibility index (Phi) is 4.87. The number of carbonyl (C=O) groups is 1. The van der Waals surface area contributed by atoms with Gasteiger partial charge in [-0.2, -0.15) is 9.98 Å². The molecular weight excluding hydrogens is 280 g/mol. The maximum atomic E-state index is 12.2. The molecule has 0 unspecified atom stereocenters. The van der Waals surface area contributed by atoms with Crippen LogP contribution in [0.5, 0.6) is 0 Å². The molecule has 0 aliphatic carbocycles.